The van der Waals surface area contributed by atoms with Crippen LogP contribution in [-0.2, 0) is 4.79 Å². The second-order valence-electron chi connectivity index (χ2n) is 5.22. The summed E-state index contributed by atoms with van der Waals surface area (Å²) in [6.45, 7) is 3.58. The van der Waals surface area contributed by atoms with E-state index in [1.807, 2.05) is 31.2 Å². The fraction of sp³-hybridized carbons (Fsp3) is 0.429. The molecule has 0 aliphatic carbocycles. The van der Waals surface area contributed by atoms with Crippen LogP contribution in [0.3, 0.4) is 0 Å². The van der Waals surface area contributed by atoms with E-state index in [1.54, 1.807) is 4.68 Å². The molecule has 1 saturated heterocycles. The predicted molar refractivity (Wildman–Crippen MR) is 85.4 cm³/mol. The van der Waals surface area contributed by atoms with Crippen LogP contribution in [0.1, 0.15) is 18.7 Å². The Hall–Kier alpha value is -1.99. The van der Waals surface area contributed by atoms with Crippen molar-refractivity contribution in [2.75, 3.05) is 18.4 Å². The molecule has 2 heterocycles. The van der Waals surface area contributed by atoms with Crippen molar-refractivity contribution in [3.8, 4) is 5.69 Å². The van der Waals surface area contributed by atoms with E-state index in [1.165, 1.54) is 0 Å². The van der Waals surface area contributed by atoms with Gasteiger partial charge in [0.25, 0.3) is 0 Å². The van der Waals surface area contributed by atoms with Crippen LogP contribution in [0.15, 0.2) is 24.3 Å². The summed E-state index contributed by atoms with van der Waals surface area (Å²) in [5.41, 5.74) is 1.59. The second-order valence-corrected chi connectivity index (χ2v) is 5.22. The maximum absolute atomic E-state index is 12.2. The van der Waals surface area contributed by atoms with E-state index in [2.05, 4.69) is 26.2 Å². The zero-order chi connectivity index (χ0) is 14.7. The highest BCUT2D eigenvalue weighted by molar-refractivity contribution is 5.93. The van der Waals surface area contributed by atoms with Crippen molar-refractivity contribution < 1.29 is 4.79 Å². The zero-order valence-corrected chi connectivity index (χ0v) is 13.1. The van der Waals surface area contributed by atoms with Gasteiger partial charge in [0.15, 0.2) is 5.82 Å². The van der Waals surface area contributed by atoms with Crippen molar-refractivity contribution in [1.29, 1.82) is 0 Å². The molecular weight excluding hydrogens is 304 g/mol. The number of tetrazole rings is 1. The van der Waals surface area contributed by atoms with Gasteiger partial charge < -0.3 is 10.6 Å². The van der Waals surface area contributed by atoms with Crippen molar-refractivity contribution in [2.24, 2.45) is 5.92 Å². The molecule has 0 spiro atoms. The molecule has 0 saturated carbocycles. The summed E-state index contributed by atoms with van der Waals surface area (Å²) in [5.74, 6) is 0.805. The van der Waals surface area contributed by atoms with E-state index in [0.29, 0.717) is 5.82 Å². The number of nitrogens with zero attached hydrogens (tertiary/aromatic N) is 4. The van der Waals surface area contributed by atoms with E-state index in [0.717, 1.165) is 37.3 Å². The van der Waals surface area contributed by atoms with Gasteiger partial charge in [0.05, 0.1) is 11.6 Å². The molecule has 1 aliphatic heterocycles. The molecule has 2 aromatic rings. The van der Waals surface area contributed by atoms with Crippen molar-refractivity contribution in [2.45, 2.75) is 19.8 Å². The lowest BCUT2D eigenvalue weighted by molar-refractivity contribution is -0.120. The Morgan fingerprint density at radius 1 is 1.45 bits per heavy atom. The van der Waals surface area contributed by atoms with Crippen molar-refractivity contribution in [1.82, 2.24) is 25.5 Å². The highest BCUT2D eigenvalue weighted by atomic mass is 35.5. The van der Waals surface area contributed by atoms with E-state index in [4.69, 9.17) is 0 Å². The molecule has 1 amide bonds. The van der Waals surface area contributed by atoms with Crippen LogP contribution in [0.25, 0.3) is 5.69 Å². The van der Waals surface area contributed by atoms with Crippen LogP contribution in [0.2, 0.25) is 0 Å². The second kappa shape index (κ2) is 7.33. The van der Waals surface area contributed by atoms with E-state index in [9.17, 15) is 4.79 Å². The molecule has 7 nitrogen and oxygen atoms in total. The summed E-state index contributed by atoms with van der Waals surface area (Å²) in [6, 6.07) is 7.53. The van der Waals surface area contributed by atoms with E-state index >= 15 is 0 Å². The van der Waals surface area contributed by atoms with Gasteiger partial charge in [0, 0.05) is 12.2 Å². The average molecular weight is 323 g/mol. The number of carbonyl (C=O) groups is 1. The summed E-state index contributed by atoms with van der Waals surface area (Å²) in [6.07, 6.45) is 1.98. The first-order valence-corrected chi connectivity index (χ1v) is 7.11. The van der Waals surface area contributed by atoms with Crippen LogP contribution in [0.4, 0.5) is 5.69 Å². The standard InChI is InChI=1S/C14H18N6O.ClH/c1-10-17-18-19-20(10)13-6-2-5-12(8-13)16-14(21)11-4-3-7-15-9-11;/h2,5-6,8,11,15H,3-4,7,9H2,1H3,(H,16,21);1H. The molecule has 1 atom stereocenters. The van der Waals surface area contributed by atoms with E-state index < -0.39 is 0 Å². The highest BCUT2D eigenvalue weighted by Gasteiger charge is 2.20. The SMILES string of the molecule is Cc1nnnn1-c1cccc(NC(=O)C2CCCNC2)c1.Cl. The number of benzene rings is 1. The third-order valence-corrected chi connectivity index (χ3v) is 3.65. The number of piperidine rings is 1. The summed E-state index contributed by atoms with van der Waals surface area (Å²) in [7, 11) is 0. The largest absolute Gasteiger partial charge is 0.326 e. The highest BCUT2D eigenvalue weighted by Crippen LogP contribution is 2.17. The Morgan fingerprint density at radius 2 is 2.32 bits per heavy atom. The molecule has 118 valence electrons. The molecule has 2 N–H and O–H groups in total. The van der Waals surface area contributed by atoms with Gasteiger partial charge >= 0.3 is 0 Å². The number of aromatic nitrogens is 4. The smallest absolute Gasteiger partial charge is 0.228 e. The molecule has 0 bridgehead atoms. The Bertz CT molecular complexity index is 638. The van der Waals surface area contributed by atoms with Crippen LogP contribution in [-0.4, -0.2) is 39.2 Å². The minimum atomic E-state index is 0. The Balaban J connectivity index is 0.00000176. The lowest BCUT2D eigenvalue weighted by Gasteiger charge is -2.22. The molecule has 1 fully saturated rings. The molecule has 1 aromatic heterocycles. The number of halogens is 1. The number of nitrogens with one attached hydrogen (secondary N) is 2. The summed E-state index contributed by atoms with van der Waals surface area (Å²) < 4.78 is 1.64. The van der Waals surface area contributed by atoms with Crippen LogP contribution in [0.5, 0.6) is 0 Å². The fourth-order valence-electron chi connectivity index (χ4n) is 2.51. The number of amides is 1. The Morgan fingerprint density at radius 3 is 3.00 bits per heavy atom. The van der Waals surface area contributed by atoms with Gasteiger partial charge in [-0.1, -0.05) is 6.07 Å². The van der Waals surface area contributed by atoms with Gasteiger partial charge in [-0.25, -0.2) is 0 Å². The monoisotopic (exact) mass is 322 g/mol. The van der Waals surface area contributed by atoms with Gasteiger partial charge in [0.2, 0.25) is 5.91 Å². The molecule has 1 aromatic carbocycles. The first-order valence-electron chi connectivity index (χ1n) is 7.11. The fourth-order valence-corrected chi connectivity index (χ4v) is 2.51. The van der Waals surface area contributed by atoms with Crippen molar-refractivity contribution in [3.05, 3.63) is 30.1 Å². The first-order chi connectivity index (χ1) is 10.2. The lowest BCUT2D eigenvalue weighted by Crippen LogP contribution is -2.37. The molecule has 0 radical (unpaired) electrons. The number of aryl methyl sites for hydroxylation is 1. The van der Waals surface area contributed by atoms with Gasteiger partial charge in [-0.2, -0.15) is 4.68 Å². The number of carbonyl (C=O) groups excluding carboxylic acids is 1. The normalized spacial score (nSPS) is 17.6. The number of hydrogen-bond donors (Lipinski definition) is 2. The summed E-state index contributed by atoms with van der Waals surface area (Å²) >= 11 is 0. The quantitative estimate of drug-likeness (QED) is 0.890. The molecule has 1 unspecified atom stereocenters. The maximum Gasteiger partial charge on any atom is 0.228 e. The predicted octanol–water partition coefficient (Wildman–Crippen LogP) is 1.33. The first kappa shape index (κ1) is 16.4. The minimum absolute atomic E-state index is 0. The summed E-state index contributed by atoms with van der Waals surface area (Å²) in [5, 5.41) is 17.6. The van der Waals surface area contributed by atoms with Crippen molar-refractivity contribution >= 4 is 24.0 Å². The van der Waals surface area contributed by atoms with Crippen LogP contribution < -0.4 is 10.6 Å². The molecule has 8 heteroatoms. The van der Waals surface area contributed by atoms with Crippen molar-refractivity contribution in [3.63, 3.8) is 0 Å². The molecular formula is C14H19ClN6O. The zero-order valence-electron chi connectivity index (χ0n) is 12.3. The van der Waals surface area contributed by atoms with Gasteiger partial charge in [-0.3, -0.25) is 4.79 Å². The third-order valence-electron chi connectivity index (χ3n) is 3.65. The Kier molecular flexibility index (Phi) is 5.46. The number of hydrogen-bond acceptors (Lipinski definition) is 5. The van der Waals surface area contributed by atoms with Gasteiger partial charge in [-0.05, 0) is 54.9 Å². The number of rotatable bonds is 3. The van der Waals surface area contributed by atoms with Gasteiger partial charge in [-0.15, -0.1) is 17.5 Å². The van der Waals surface area contributed by atoms with E-state index in [-0.39, 0.29) is 24.2 Å². The molecule has 3 rings (SSSR count). The third kappa shape index (κ3) is 3.61. The topological polar surface area (TPSA) is 84.7 Å². The maximum atomic E-state index is 12.2. The molecule has 1 aliphatic rings. The number of anilines is 1. The lowest BCUT2D eigenvalue weighted by atomic mass is 9.99. The summed E-state index contributed by atoms with van der Waals surface area (Å²) in [4.78, 5) is 12.2. The van der Waals surface area contributed by atoms with Gasteiger partial charge in [0.1, 0.15) is 0 Å². The average Bonchev–Trinajstić information content (AvgIpc) is 2.94. The van der Waals surface area contributed by atoms with Crippen LogP contribution in [0, 0.1) is 12.8 Å². The Labute approximate surface area is 134 Å². The molecule has 22 heavy (non-hydrogen) atoms. The minimum Gasteiger partial charge on any atom is -0.326 e. The van der Waals surface area contributed by atoms with Crippen LogP contribution >= 0.6 is 12.4 Å².